The number of rotatable bonds is 4. The van der Waals surface area contributed by atoms with Gasteiger partial charge < -0.3 is 9.84 Å². The molecule has 0 spiro atoms. The Morgan fingerprint density at radius 3 is 2.59 bits per heavy atom. The number of hydrogen-bond acceptors (Lipinski definition) is 5. The molecule has 5 rings (SSSR count). The molecular weight excluding hydrogens is 483 g/mol. The molecule has 0 radical (unpaired) electrons. The summed E-state index contributed by atoms with van der Waals surface area (Å²) in [5.41, 5.74) is 3.53. The van der Waals surface area contributed by atoms with Gasteiger partial charge >= 0.3 is 0 Å². The van der Waals surface area contributed by atoms with Crippen molar-refractivity contribution in [2.45, 2.75) is 13.0 Å². The van der Waals surface area contributed by atoms with Crippen LogP contribution in [0.4, 0.5) is 5.69 Å². The van der Waals surface area contributed by atoms with Crippen LogP contribution in [0.25, 0.3) is 16.3 Å². The third-order valence-electron chi connectivity index (χ3n) is 5.15. The number of nitrogens with zero attached hydrogens (tertiary/aromatic N) is 3. The summed E-state index contributed by atoms with van der Waals surface area (Å²) in [6, 6.07) is 18.8. The Bertz CT molecular complexity index is 1320. The summed E-state index contributed by atoms with van der Waals surface area (Å²) in [5, 5.41) is 11.5. The molecule has 0 amide bonds. The van der Waals surface area contributed by atoms with E-state index in [0.717, 1.165) is 27.4 Å². The molecule has 4 aromatic rings. The third kappa shape index (κ3) is 3.93. The zero-order valence-electron chi connectivity index (χ0n) is 16.8. The number of hydrogen-bond donors (Lipinski definition) is 1. The van der Waals surface area contributed by atoms with Crippen LogP contribution in [0.2, 0.25) is 10.0 Å². The molecular formula is C23H16Cl2N4OS2. The summed E-state index contributed by atoms with van der Waals surface area (Å²) >= 11 is 19.7. The van der Waals surface area contributed by atoms with Gasteiger partial charge in [-0.25, -0.2) is 0 Å². The van der Waals surface area contributed by atoms with E-state index in [0.29, 0.717) is 26.9 Å². The van der Waals surface area contributed by atoms with Gasteiger partial charge in [-0.2, -0.15) is 4.98 Å². The summed E-state index contributed by atoms with van der Waals surface area (Å²) < 4.78 is 5.74. The van der Waals surface area contributed by atoms with Crippen molar-refractivity contribution in [1.82, 2.24) is 15.5 Å². The van der Waals surface area contributed by atoms with Crippen molar-refractivity contribution in [3.63, 3.8) is 0 Å². The van der Waals surface area contributed by atoms with Crippen LogP contribution in [0.3, 0.4) is 0 Å². The third-order valence-corrected chi connectivity index (χ3v) is 6.80. The summed E-state index contributed by atoms with van der Waals surface area (Å²) in [4.78, 5) is 7.58. The molecule has 0 saturated heterocycles. The number of allylic oxidation sites excluding steroid dienone is 1. The van der Waals surface area contributed by atoms with Gasteiger partial charge in [-0.15, -0.1) is 11.3 Å². The van der Waals surface area contributed by atoms with E-state index in [2.05, 4.69) is 10.5 Å². The number of anilines is 1. The minimum atomic E-state index is -0.304. The highest BCUT2D eigenvalue weighted by atomic mass is 35.5. The molecule has 0 fully saturated rings. The zero-order chi connectivity index (χ0) is 22.2. The minimum absolute atomic E-state index is 0.304. The first-order valence-corrected chi connectivity index (χ1v) is 11.8. The Balaban J connectivity index is 1.67. The van der Waals surface area contributed by atoms with Crippen molar-refractivity contribution in [2.75, 3.05) is 4.90 Å². The Kier molecular flexibility index (Phi) is 5.73. The van der Waals surface area contributed by atoms with Gasteiger partial charge in [0.05, 0.1) is 16.5 Å². The van der Waals surface area contributed by atoms with Crippen molar-refractivity contribution >= 4 is 63.1 Å². The first kappa shape index (κ1) is 21.2. The van der Waals surface area contributed by atoms with Crippen LogP contribution in [0, 0.1) is 0 Å². The van der Waals surface area contributed by atoms with Crippen molar-refractivity contribution in [3.8, 4) is 10.7 Å². The fourth-order valence-corrected chi connectivity index (χ4v) is 5.03. The fourth-order valence-electron chi connectivity index (χ4n) is 3.70. The maximum atomic E-state index is 6.29. The van der Waals surface area contributed by atoms with Gasteiger partial charge in [0.15, 0.2) is 5.11 Å². The van der Waals surface area contributed by atoms with Crippen molar-refractivity contribution in [3.05, 3.63) is 93.2 Å². The minimum Gasteiger partial charge on any atom is -0.351 e. The highest BCUT2D eigenvalue weighted by molar-refractivity contribution is 7.80. The number of benzene rings is 2. The molecule has 1 atom stereocenters. The van der Waals surface area contributed by atoms with Gasteiger partial charge in [0.2, 0.25) is 5.82 Å². The van der Waals surface area contributed by atoms with Crippen LogP contribution in [-0.4, -0.2) is 15.3 Å². The lowest BCUT2D eigenvalue weighted by Crippen LogP contribution is -2.46. The molecule has 1 unspecified atom stereocenters. The molecule has 5 nitrogen and oxygen atoms in total. The number of aromatic nitrogens is 2. The van der Waals surface area contributed by atoms with E-state index < -0.39 is 0 Å². The molecule has 0 aliphatic carbocycles. The van der Waals surface area contributed by atoms with Gasteiger partial charge in [0.1, 0.15) is 0 Å². The normalized spacial score (nSPS) is 16.4. The zero-order valence-corrected chi connectivity index (χ0v) is 19.9. The number of nitrogens with one attached hydrogen (secondary N) is 1. The average molecular weight is 499 g/mol. The lowest BCUT2D eigenvalue weighted by Gasteiger charge is -2.37. The monoisotopic (exact) mass is 498 g/mol. The topological polar surface area (TPSA) is 54.2 Å². The molecule has 1 N–H and O–H groups in total. The molecule has 1 aliphatic rings. The largest absolute Gasteiger partial charge is 0.351 e. The van der Waals surface area contributed by atoms with E-state index in [1.165, 1.54) is 0 Å². The molecule has 3 heterocycles. The lowest BCUT2D eigenvalue weighted by atomic mass is 9.94. The molecule has 32 heavy (non-hydrogen) atoms. The van der Waals surface area contributed by atoms with E-state index in [1.807, 2.05) is 77.9 Å². The lowest BCUT2D eigenvalue weighted by molar-refractivity contribution is 0.404. The SMILES string of the molecule is CC1=C(c2nc(-c3cccs3)no2)C(c2cccc(Cl)c2)NC(=S)N1c1ccc(Cl)cc1. The maximum Gasteiger partial charge on any atom is 0.258 e. The first-order chi connectivity index (χ1) is 15.5. The molecule has 9 heteroatoms. The molecule has 0 saturated carbocycles. The van der Waals surface area contributed by atoms with Crippen molar-refractivity contribution in [1.29, 1.82) is 0 Å². The van der Waals surface area contributed by atoms with Gasteiger partial charge in [-0.1, -0.05) is 46.6 Å². The first-order valence-electron chi connectivity index (χ1n) is 9.71. The Labute approximate surface area is 204 Å². The van der Waals surface area contributed by atoms with Gasteiger partial charge in [-0.05, 0) is 72.5 Å². The fraction of sp³-hybridized carbons (Fsp3) is 0.0870. The molecule has 160 valence electrons. The van der Waals surface area contributed by atoms with Crippen LogP contribution < -0.4 is 10.2 Å². The standard InChI is InChI=1S/C23H16Cl2N4OS2/c1-13-19(22-27-21(28-30-22)18-6-3-11-32-18)20(14-4-2-5-16(25)12-14)26-23(31)29(13)17-9-7-15(24)8-10-17/h2-12,20H,1H3,(H,26,31). The van der Waals surface area contributed by atoms with Crippen LogP contribution in [0.5, 0.6) is 0 Å². The maximum absolute atomic E-state index is 6.29. The highest BCUT2D eigenvalue weighted by Gasteiger charge is 2.35. The van der Waals surface area contributed by atoms with E-state index in [1.54, 1.807) is 11.3 Å². The van der Waals surface area contributed by atoms with Gasteiger partial charge in [-0.3, -0.25) is 4.90 Å². The molecule has 2 aromatic carbocycles. The van der Waals surface area contributed by atoms with Crippen LogP contribution in [0.15, 0.2) is 76.3 Å². The highest BCUT2D eigenvalue weighted by Crippen LogP contribution is 2.40. The van der Waals surface area contributed by atoms with Crippen molar-refractivity contribution in [2.24, 2.45) is 0 Å². The second kappa shape index (κ2) is 8.67. The number of thiophene rings is 1. The molecule has 1 aliphatic heterocycles. The van der Waals surface area contributed by atoms with E-state index in [4.69, 9.17) is 44.9 Å². The summed E-state index contributed by atoms with van der Waals surface area (Å²) in [7, 11) is 0. The second-order valence-corrected chi connectivity index (χ2v) is 9.36. The Hall–Kier alpha value is -2.71. The van der Waals surface area contributed by atoms with E-state index >= 15 is 0 Å². The van der Waals surface area contributed by atoms with Gasteiger partial charge in [0.25, 0.3) is 5.89 Å². The van der Waals surface area contributed by atoms with Crippen LogP contribution in [0.1, 0.15) is 24.4 Å². The van der Waals surface area contributed by atoms with E-state index in [9.17, 15) is 0 Å². The summed E-state index contributed by atoms with van der Waals surface area (Å²) in [6.45, 7) is 1.99. The number of halogens is 2. The number of thiocarbonyl (C=S) groups is 1. The predicted molar refractivity (Wildman–Crippen MR) is 134 cm³/mol. The summed E-state index contributed by atoms with van der Waals surface area (Å²) in [5.74, 6) is 0.969. The second-order valence-electron chi connectivity index (χ2n) is 7.15. The van der Waals surface area contributed by atoms with Crippen LogP contribution >= 0.6 is 46.8 Å². The molecule has 2 aromatic heterocycles. The van der Waals surface area contributed by atoms with Crippen LogP contribution in [-0.2, 0) is 0 Å². The Morgan fingerprint density at radius 2 is 1.88 bits per heavy atom. The van der Waals surface area contributed by atoms with Gasteiger partial charge in [0, 0.05) is 21.4 Å². The average Bonchev–Trinajstić information content (AvgIpc) is 3.47. The quantitative estimate of drug-likeness (QED) is 0.306. The summed E-state index contributed by atoms with van der Waals surface area (Å²) in [6.07, 6.45) is 0. The smallest absolute Gasteiger partial charge is 0.258 e. The Morgan fingerprint density at radius 1 is 1.06 bits per heavy atom. The van der Waals surface area contributed by atoms with Crippen molar-refractivity contribution < 1.29 is 4.52 Å². The predicted octanol–water partition coefficient (Wildman–Crippen LogP) is 6.97. The molecule has 0 bridgehead atoms. The van der Waals surface area contributed by atoms with E-state index in [-0.39, 0.29) is 6.04 Å².